The molecule has 0 rings (SSSR count). The summed E-state index contributed by atoms with van der Waals surface area (Å²) in [5, 5.41) is 6.55. The summed E-state index contributed by atoms with van der Waals surface area (Å²) in [5.41, 5.74) is 5.44. The predicted octanol–water partition coefficient (Wildman–Crippen LogP) is 0.436. The summed E-state index contributed by atoms with van der Waals surface area (Å²) in [6.07, 6.45) is 2.40. The summed E-state index contributed by atoms with van der Waals surface area (Å²) in [6, 6.07) is 0. The summed E-state index contributed by atoms with van der Waals surface area (Å²) >= 11 is 0. The molecule has 0 spiro atoms. The SMILES string of the molecule is CC(C)CCCN/C(=N/CN)NCCN(C)C. The molecule has 0 aliphatic carbocycles. The van der Waals surface area contributed by atoms with Crippen LogP contribution in [0, 0.1) is 5.92 Å². The summed E-state index contributed by atoms with van der Waals surface area (Å²) in [7, 11) is 4.11. The van der Waals surface area contributed by atoms with Crippen molar-refractivity contribution in [2.24, 2.45) is 16.6 Å². The Morgan fingerprint density at radius 3 is 2.41 bits per heavy atom. The molecule has 0 fully saturated rings. The zero-order valence-electron chi connectivity index (χ0n) is 11.8. The second kappa shape index (κ2) is 10.4. The van der Waals surface area contributed by atoms with E-state index in [0.29, 0.717) is 6.67 Å². The van der Waals surface area contributed by atoms with Crippen molar-refractivity contribution in [3.63, 3.8) is 0 Å². The number of guanidine groups is 1. The maximum atomic E-state index is 5.44. The summed E-state index contributed by atoms with van der Waals surface area (Å²) in [6.45, 7) is 7.61. The van der Waals surface area contributed by atoms with Crippen LogP contribution >= 0.6 is 0 Å². The summed E-state index contributed by atoms with van der Waals surface area (Å²) < 4.78 is 0. The Kier molecular flexibility index (Phi) is 9.86. The first-order chi connectivity index (χ1) is 8.06. The van der Waals surface area contributed by atoms with E-state index in [-0.39, 0.29) is 0 Å². The van der Waals surface area contributed by atoms with Gasteiger partial charge in [-0.1, -0.05) is 13.8 Å². The first-order valence-electron chi connectivity index (χ1n) is 6.43. The number of nitrogens with zero attached hydrogens (tertiary/aromatic N) is 2. The van der Waals surface area contributed by atoms with Gasteiger partial charge in [0.1, 0.15) is 0 Å². The molecule has 0 aromatic heterocycles. The molecule has 5 nitrogen and oxygen atoms in total. The Hall–Kier alpha value is -0.810. The molecular weight excluding hydrogens is 214 g/mol. The summed E-state index contributed by atoms with van der Waals surface area (Å²) in [4.78, 5) is 6.32. The van der Waals surface area contributed by atoms with Crippen LogP contribution in [0.4, 0.5) is 0 Å². The average molecular weight is 243 g/mol. The standard InChI is InChI=1S/C12H29N5/c1-11(2)6-5-7-14-12(16-10-13)15-8-9-17(3)4/h11H,5-10,13H2,1-4H3,(H2,14,15,16). The lowest BCUT2D eigenvalue weighted by Crippen LogP contribution is -2.41. The molecule has 0 aliphatic rings. The van der Waals surface area contributed by atoms with Crippen LogP contribution < -0.4 is 16.4 Å². The zero-order valence-corrected chi connectivity index (χ0v) is 11.8. The average Bonchev–Trinajstić information content (AvgIpc) is 2.23. The molecule has 102 valence electrons. The van der Waals surface area contributed by atoms with Crippen LogP contribution in [0.5, 0.6) is 0 Å². The van der Waals surface area contributed by atoms with Gasteiger partial charge in [0.2, 0.25) is 0 Å². The minimum absolute atomic E-state index is 0.321. The van der Waals surface area contributed by atoms with Gasteiger partial charge >= 0.3 is 0 Å². The number of hydrogen-bond donors (Lipinski definition) is 3. The highest BCUT2D eigenvalue weighted by molar-refractivity contribution is 5.79. The molecule has 0 bridgehead atoms. The largest absolute Gasteiger partial charge is 0.356 e. The van der Waals surface area contributed by atoms with Crippen LogP contribution in [0.3, 0.4) is 0 Å². The van der Waals surface area contributed by atoms with Gasteiger partial charge in [-0.2, -0.15) is 0 Å². The second-order valence-corrected chi connectivity index (χ2v) is 4.88. The van der Waals surface area contributed by atoms with E-state index in [4.69, 9.17) is 5.73 Å². The van der Waals surface area contributed by atoms with Crippen molar-refractivity contribution in [3.05, 3.63) is 0 Å². The van der Waals surface area contributed by atoms with Crippen molar-refractivity contribution in [2.75, 3.05) is 40.4 Å². The molecule has 5 heteroatoms. The highest BCUT2D eigenvalue weighted by Gasteiger charge is 1.98. The van der Waals surface area contributed by atoms with E-state index >= 15 is 0 Å². The lowest BCUT2D eigenvalue weighted by Gasteiger charge is -2.15. The van der Waals surface area contributed by atoms with Crippen molar-refractivity contribution in [2.45, 2.75) is 26.7 Å². The van der Waals surface area contributed by atoms with Crippen LogP contribution in [-0.4, -0.2) is 51.3 Å². The fourth-order valence-electron chi connectivity index (χ4n) is 1.38. The number of nitrogens with two attached hydrogens (primary N) is 1. The van der Waals surface area contributed by atoms with Crippen molar-refractivity contribution in [1.82, 2.24) is 15.5 Å². The van der Waals surface area contributed by atoms with Gasteiger partial charge in [-0.05, 0) is 32.9 Å². The van der Waals surface area contributed by atoms with E-state index in [1.165, 1.54) is 6.42 Å². The zero-order chi connectivity index (χ0) is 13.1. The summed E-state index contributed by atoms with van der Waals surface area (Å²) in [5.74, 6) is 1.58. The van der Waals surface area contributed by atoms with Crippen LogP contribution in [0.2, 0.25) is 0 Å². The monoisotopic (exact) mass is 243 g/mol. The first kappa shape index (κ1) is 16.2. The Morgan fingerprint density at radius 2 is 1.88 bits per heavy atom. The van der Waals surface area contributed by atoms with Crippen LogP contribution in [0.25, 0.3) is 0 Å². The first-order valence-corrected chi connectivity index (χ1v) is 6.43. The Balaban J connectivity index is 3.72. The lowest BCUT2D eigenvalue weighted by molar-refractivity contribution is 0.411. The Labute approximate surface area is 106 Å². The van der Waals surface area contributed by atoms with Gasteiger partial charge in [0.05, 0.1) is 6.67 Å². The molecule has 17 heavy (non-hydrogen) atoms. The highest BCUT2D eigenvalue weighted by Crippen LogP contribution is 2.01. The van der Waals surface area contributed by atoms with Crippen LogP contribution in [-0.2, 0) is 0 Å². The molecule has 0 radical (unpaired) electrons. The molecule has 4 N–H and O–H groups in total. The van der Waals surface area contributed by atoms with Crippen molar-refractivity contribution in [3.8, 4) is 0 Å². The molecule has 0 atom stereocenters. The molecule has 0 heterocycles. The minimum atomic E-state index is 0.321. The maximum Gasteiger partial charge on any atom is 0.192 e. The normalized spacial score (nSPS) is 12.3. The van der Waals surface area contributed by atoms with Crippen LogP contribution in [0.15, 0.2) is 4.99 Å². The number of nitrogens with one attached hydrogen (secondary N) is 2. The molecule has 0 saturated heterocycles. The number of hydrogen-bond acceptors (Lipinski definition) is 3. The van der Waals surface area contributed by atoms with Gasteiger partial charge in [0, 0.05) is 19.6 Å². The predicted molar refractivity (Wildman–Crippen MR) is 75.1 cm³/mol. The molecule has 0 aromatic rings. The third kappa shape index (κ3) is 11.5. The van der Waals surface area contributed by atoms with Gasteiger partial charge in [-0.25, -0.2) is 4.99 Å². The smallest absolute Gasteiger partial charge is 0.192 e. The van der Waals surface area contributed by atoms with Gasteiger partial charge in [-0.3, -0.25) is 0 Å². The van der Waals surface area contributed by atoms with E-state index in [9.17, 15) is 0 Å². The van der Waals surface area contributed by atoms with E-state index in [2.05, 4.69) is 48.5 Å². The van der Waals surface area contributed by atoms with Crippen molar-refractivity contribution in [1.29, 1.82) is 0 Å². The number of rotatable bonds is 8. The molecule has 0 amide bonds. The fraction of sp³-hybridized carbons (Fsp3) is 0.917. The van der Waals surface area contributed by atoms with E-state index in [0.717, 1.165) is 37.9 Å². The number of likely N-dealkylation sites (N-methyl/N-ethyl adjacent to an activating group) is 1. The maximum absolute atomic E-state index is 5.44. The van der Waals surface area contributed by atoms with Gasteiger partial charge < -0.3 is 21.3 Å². The van der Waals surface area contributed by atoms with Crippen molar-refractivity contribution >= 4 is 5.96 Å². The van der Waals surface area contributed by atoms with E-state index in [1.807, 2.05) is 0 Å². The van der Waals surface area contributed by atoms with E-state index in [1.54, 1.807) is 0 Å². The lowest BCUT2D eigenvalue weighted by atomic mass is 10.1. The molecule has 0 unspecified atom stereocenters. The topological polar surface area (TPSA) is 65.7 Å². The van der Waals surface area contributed by atoms with Gasteiger partial charge in [-0.15, -0.1) is 0 Å². The molecule has 0 aliphatic heterocycles. The highest BCUT2D eigenvalue weighted by atomic mass is 15.2. The molecule has 0 saturated carbocycles. The molecule has 0 aromatic carbocycles. The van der Waals surface area contributed by atoms with Crippen molar-refractivity contribution < 1.29 is 0 Å². The van der Waals surface area contributed by atoms with E-state index < -0.39 is 0 Å². The minimum Gasteiger partial charge on any atom is -0.356 e. The Morgan fingerprint density at radius 1 is 1.24 bits per heavy atom. The quantitative estimate of drug-likeness (QED) is 0.329. The van der Waals surface area contributed by atoms with Crippen LogP contribution in [0.1, 0.15) is 26.7 Å². The van der Waals surface area contributed by atoms with Gasteiger partial charge in [0.25, 0.3) is 0 Å². The number of aliphatic imine (C=N–C) groups is 1. The Bertz CT molecular complexity index is 201. The third-order valence-electron chi connectivity index (χ3n) is 2.35. The third-order valence-corrected chi connectivity index (χ3v) is 2.35. The fourth-order valence-corrected chi connectivity index (χ4v) is 1.38. The van der Waals surface area contributed by atoms with Gasteiger partial charge in [0.15, 0.2) is 5.96 Å². The second-order valence-electron chi connectivity index (χ2n) is 4.88. The molecular formula is C12H29N5.